The van der Waals surface area contributed by atoms with Gasteiger partial charge in [-0.05, 0) is 49.4 Å². The van der Waals surface area contributed by atoms with Gasteiger partial charge in [-0.25, -0.2) is 4.39 Å². The van der Waals surface area contributed by atoms with Gasteiger partial charge in [0, 0.05) is 42.6 Å². The quantitative estimate of drug-likeness (QED) is 0.903. The third kappa shape index (κ3) is 4.50. The molecule has 1 saturated heterocycles. The molecule has 4 nitrogen and oxygen atoms in total. The van der Waals surface area contributed by atoms with Gasteiger partial charge in [-0.2, -0.15) is 0 Å². The number of rotatable bonds is 4. The van der Waals surface area contributed by atoms with Crippen LogP contribution in [0.5, 0.6) is 0 Å². The first-order valence-corrected chi connectivity index (χ1v) is 8.72. The number of nitrogens with one attached hydrogen (secondary N) is 1. The molecule has 25 heavy (non-hydrogen) atoms. The van der Waals surface area contributed by atoms with E-state index in [1.54, 1.807) is 24.3 Å². The Balaban J connectivity index is 1.54. The molecule has 2 aromatic carbocycles. The summed E-state index contributed by atoms with van der Waals surface area (Å²) in [5.74, 6) is -0.272. The molecule has 1 amide bonds. The van der Waals surface area contributed by atoms with Crippen molar-refractivity contribution in [3.63, 3.8) is 0 Å². The van der Waals surface area contributed by atoms with Crippen LogP contribution >= 0.6 is 11.6 Å². The maximum Gasteiger partial charge on any atom is 0.241 e. The predicted molar refractivity (Wildman–Crippen MR) is 99.7 cm³/mol. The van der Waals surface area contributed by atoms with Gasteiger partial charge in [0.05, 0.1) is 6.04 Å². The molecule has 0 aromatic heterocycles. The molecule has 1 fully saturated rings. The molecule has 1 atom stereocenters. The average molecular weight is 362 g/mol. The SMILES string of the molecule is CC(C(=O)Nc1cccc(Cl)c1)N1CCN(c2ccc(F)cc2)CC1. The number of amides is 1. The summed E-state index contributed by atoms with van der Waals surface area (Å²) in [6.07, 6.45) is 0. The second-order valence-corrected chi connectivity index (χ2v) is 6.61. The van der Waals surface area contributed by atoms with Gasteiger partial charge in [0.1, 0.15) is 5.82 Å². The van der Waals surface area contributed by atoms with E-state index in [0.717, 1.165) is 31.9 Å². The molecule has 0 radical (unpaired) electrons. The number of hydrogen-bond acceptors (Lipinski definition) is 3. The zero-order chi connectivity index (χ0) is 17.8. The largest absolute Gasteiger partial charge is 0.369 e. The highest BCUT2D eigenvalue weighted by Crippen LogP contribution is 2.19. The molecule has 1 unspecified atom stereocenters. The minimum Gasteiger partial charge on any atom is -0.369 e. The van der Waals surface area contributed by atoms with Crippen molar-refractivity contribution in [2.45, 2.75) is 13.0 Å². The van der Waals surface area contributed by atoms with Crippen molar-refractivity contribution in [1.82, 2.24) is 4.90 Å². The standard InChI is InChI=1S/C19H21ClFN3O/c1-14(19(25)22-17-4-2-3-15(20)13-17)23-9-11-24(12-10-23)18-7-5-16(21)6-8-18/h2-8,13-14H,9-12H2,1H3,(H,22,25). The third-order valence-electron chi connectivity index (χ3n) is 4.53. The summed E-state index contributed by atoms with van der Waals surface area (Å²) in [6.45, 7) is 5.08. The van der Waals surface area contributed by atoms with Gasteiger partial charge in [0.15, 0.2) is 0 Å². The van der Waals surface area contributed by atoms with Crippen molar-refractivity contribution in [2.24, 2.45) is 0 Å². The molecule has 0 spiro atoms. The summed E-state index contributed by atoms with van der Waals surface area (Å²) in [6, 6.07) is 13.4. The Morgan fingerprint density at radius 1 is 1.12 bits per heavy atom. The Morgan fingerprint density at radius 2 is 1.80 bits per heavy atom. The first-order chi connectivity index (χ1) is 12.0. The first-order valence-electron chi connectivity index (χ1n) is 8.34. The van der Waals surface area contributed by atoms with Crippen molar-refractivity contribution in [3.05, 3.63) is 59.4 Å². The number of carbonyl (C=O) groups excluding carboxylic acids is 1. The summed E-state index contributed by atoms with van der Waals surface area (Å²) < 4.78 is 13.0. The summed E-state index contributed by atoms with van der Waals surface area (Å²) in [5, 5.41) is 3.50. The summed E-state index contributed by atoms with van der Waals surface area (Å²) >= 11 is 5.95. The Morgan fingerprint density at radius 3 is 2.44 bits per heavy atom. The normalized spacial score (nSPS) is 16.5. The number of anilines is 2. The van der Waals surface area contributed by atoms with Crippen molar-refractivity contribution in [1.29, 1.82) is 0 Å². The number of nitrogens with zero attached hydrogens (tertiary/aromatic N) is 2. The Bertz CT molecular complexity index is 730. The fraction of sp³-hybridized carbons (Fsp3) is 0.316. The van der Waals surface area contributed by atoms with E-state index >= 15 is 0 Å². The number of carbonyl (C=O) groups is 1. The second-order valence-electron chi connectivity index (χ2n) is 6.18. The van der Waals surface area contributed by atoms with Crippen molar-refractivity contribution in [3.8, 4) is 0 Å². The van der Waals surface area contributed by atoms with Gasteiger partial charge in [-0.15, -0.1) is 0 Å². The molecular formula is C19H21ClFN3O. The lowest BCUT2D eigenvalue weighted by Gasteiger charge is -2.38. The highest BCUT2D eigenvalue weighted by atomic mass is 35.5. The van der Waals surface area contributed by atoms with Crippen LogP contribution in [0.15, 0.2) is 48.5 Å². The predicted octanol–water partition coefficient (Wildman–Crippen LogP) is 3.63. The van der Waals surface area contributed by atoms with Gasteiger partial charge >= 0.3 is 0 Å². The summed E-state index contributed by atoms with van der Waals surface area (Å²) in [7, 11) is 0. The molecule has 132 valence electrons. The monoisotopic (exact) mass is 361 g/mol. The molecule has 1 aliphatic heterocycles. The van der Waals surface area contributed by atoms with E-state index in [-0.39, 0.29) is 17.8 Å². The molecule has 1 aliphatic rings. The van der Waals surface area contributed by atoms with E-state index in [1.807, 2.05) is 19.1 Å². The number of halogens is 2. The van der Waals surface area contributed by atoms with Gasteiger partial charge < -0.3 is 10.2 Å². The lowest BCUT2D eigenvalue weighted by Crippen LogP contribution is -2.52. The topological polar surface area (TPSA) is 35.6 Å². The van der Waals surface area contributed by atoms with Crippen LogP contribution in [0.2, 0.25) is 5.02 Å². The molecule has 3 rings (SSSR count). The zero-order valence-electron chi connectivity index (χ0n) is 14.1. The van der Waals surface area contributed by atoms with Crippen LogP contribution in [0.4, 0.5) is 15.8 Å². The lowest BCUT2D eigenvalue weighted by molar-refractivity contribution is -0.120. The molecule has 1 heterocycles. The highest BCUT2D eigenvalue weighted by Gasteiger charge is 2.25. The minimum atomic E-state index is -0.228. The molecule has 0 aliphatic carbocycles. The Labute approximate surface area is 152 Å². The maximum atomic E-state index is 13.0. The molecule has 2 aromatic rings. The number of piperazine rings is 1. The molecule has 0 bridgehead atoms. The van der Waals surface area contributed by atoms with Crippen LogP contribution in [0, 0.1) is 5.82 Å². The first kappa shape index (κ1) is 17.7. The van der Waals surface area contributed by atoms with Crippen LogP contribution in [0.3, 0.4) is 0 Å². The Kier molecular flexibility index (Phi) is 5.56. The van der Waals surface area contributed by atoms with Crippen molar-refractivity contribution < 1.29 is 9.18 Å². The van der Waals surface area contributed by atoms with Crippen molar-refractivity contribution >= 4 is 28.9 Å². The van der Waals surface area contributed by atoms with Crippen LogP contribution in [-0.2, 0) is 4.79 Å². The highest BCUT2D eigenvalue weighted by molar-refractivity contribution is 6.30. The van der Waals surface area contributed by atoms with E-state index in [9.17, 15) is 9.18 Å². The average Bonchev–Trinajstić information content (AvgIpc) is 2.62. The second kappa shape index (κ2) is 7.85. The van der Waals surface area contributed by atoms with Crippen LogP contribution < -0.4 is 10.2 Å². The fourth-order valence-corrected chi connectivity index (χ4v) is 3.19. The van der Waals surface area contributed by atoms with Gasteiger partial charge in [-0.1, -0.05) is 17.7 Å². The molecule has 0 saturated carbocycles. The lowest BCUT2D eigenvalue weighted by atomic mass is 10.2. The number of hydrogen-bond donors (Lipinski definition) is 1. The van der Waals surface area contributed by atoms with Crippen LogP contribution in [0.25, 0.3) is 0 Å². The fourth-order valence-electron chi connectivity index (χ4n) is 3.00. The van der Waals surface area contributed by atoms with Crippen LogP contribution in [0.1, 0.15) is 6.92 Å². The van der Waals surface area contributed by atoms with E-state index < -0.39 is 0 Å². The molecule has 1 N–H and O–H groups in total. The summed E-state index contributed by atoms with van der Waals surface area (Å²) in [5.41, 5.74) is 1.71. The van der Waals surface area contributed by atoms with E-state index in [4.69, 9.17) is 11.6 Å². The zero-order valence-corrected chi connectivity index (χ0v) is 14.8. The van der Waals surface area contributed by atoms with Gasteiger partial charge in [0.2, 0.25) is 5.91 Å². The summed E-state index contributed by atoms with van der Waals surface area (Å²) in [4.78, 5) is 16.8. The third-order valence-corrected chi connectivity index (χ3v) is 4.76. The molecular weight excluding hydrogens is 341 g/mol. The van der Waals surface area contributed by atoms with E-state index in [1.165, 1.54) is 12.1 Å². The van der Waals surface area contributed by atoms with Crippen molar-refractivity contribution in [2.75, 3.05) is 36.4 Å². The smallest absolute Gasteiger partial charge is 0.241 e. The van der Waals surface area contributed by atoms with E-state index in [0.29, 0.717) is 10.7 Å². The van der Waals surface area contributed by atoms with Crippen LogP contribution in [-0.4, -0.2) is 43.0 Å². The van der Waals surface area contributed by atoms with Gasteiger partial charge in [0.25, 0.3) is 0 Å². The number of benzene rings is 2. The van der Waals surface area contributed by atoms with E-state index in [2.05, 4.69) is 15.1 Å². The van der Waals surface area contributed by atoms with Gasteiger partial charge in [-0.3, -0.25) is 9.69 Å². The molecule has 6 heteroatoms. The minimum absolute atomic E-state index is 0.0440. The maximum absolute atomic E-state index is 13.0. The Hall–Kier alpha value is -2.11.